The van der Waals surface area contributed by atoms with Gasteiger partial charge in [-0.2, -0.15) is 0 Å². The SMILES string of the molecule is Cn1c(=O)n(-c2ccc(C[C@H](NC(=O)c3cc(F)c(NS(=O)(=O)c4ccc(-c5cnc(C6CCOCC6)nc5)cc4)cc3F)C(=O)NO)cn2)c(=O)c2ccncc21. The van der Waals surface area contributed by atoms with Crippen LogP contribution in [0.2, 0.25) is 0 Å². The number of sulfonamides is 1. The summed E-state index contributed by atoms with van der Waals surface area (Å²) >= 11 is 0. The number of pyridine rings is 2. The zero-order valence-corrected chi connectivity index (χ0v) is 31.2. The molecule has 0 bridgehead atoms. The van der Waals surface area contributed by atoms with Gasteiger partial charge < -0.3 is 10.1 Å². The Balaban J connectivity index is 1.03. The second kappa shape index (κ2) is 16.4. The first-order chi connectivity index (χ1) is 27.8. The van der Waals surface area contributed by atoms with Crippen LogP contribution in [0.25, 0.3) is 27.8 Å². The van der Waals surface area contributed by atoms with E-state index in [9.17, 15) is 32.8 Å². The number of carbonyl (C=O) groups excluding carboxylic acids is 2. The summed E-state index contributed by atoms with van der Waals surface area (Å²) < 4.78 is 66.3. The normalized spacial score (nSPS) is 13.9. The topological polar surface area (TPSA) is 229 Å². The molecule has 4 aromatic heterocycles. The van der Waals surface area contributed by atoms with E-state index < -0.39 is 62.0 Å². The van der Waals surface area contributed by atoms with Crippen molar-refractivity contribution in [1.29, 1.82) is 0 Å². The van der Waals surface area contributed by atoms with Gasteiger partial charge in [0, 0.05) is 69.0 Å². The van der Waals surface area contributed by atoms with E-state index in [0.29, 0.717) is 47.8 Å². The van der Waals surface area contributed by atoms with Crippen molar-refractivity contribution in [1.82, 2.24) is 39.9 Å². The molecule has 17 nitrogen and oxygen atoms in total. The lowest BCUT2D eigenvalue weighted by Crippen LogP contribution is -2.47. The Morgan fingerprint density at radius 2 is 1.66 bits per heavy atom. The van der Waals surface area contributed by atoms with Crippen LogP contribution >= 0.6 is 0 Å². The van der Waals surface area contributed by atoms with Gasteiger partial charge in [0.1, 0.15) is 29.3 Å². The summed E-state index contributed by atoms with van der Waals surface area (Å²) in [6, 6.07) is 9.14. The lowest BCUT2D eigenvalue weighted by atomic mass is 9.99. The zero-order chi connectivity index (χ0) is 41.1. The summed E-state index contributed by atoms with van der Waals surface area (Å²) in [5.74, 6) is -4.18. The quantitative estimate of drug-likeness (QED) is 0.109. The molecule has 2 aromatic carbocycles. The lowest BCUT2D eigenvalue weighted by Gasteiger charge is -2.20. The number of carbonyl (C=O) groups is 2. The second-order valence-corrected chi connectivity index (χ2v) is 14.9. The van der Waals surface area contributed by atoms with E-state index in [1.807, 2.05) is 4.72 Å². The molecule has 0 spiro atoms. The van der Waals surface area contributed by atoms with Crippen molar-refractivity contribution in [2.24, 2.45) is 7.05 Å². The van der Waals surface area contributed by atoms with Gasteiger partial charge in [0.15, 0.2) is 0 Å². The Bertz CT molecular complexity index is 2760. The largest absolute Gasteiger partial charge is 0.381 e. The van der Waals surface area contributed by atoms with E-state index in [0.717, 1.165) is 17.4 Å². The molecule has 6 aromatic rings. The van der Waals surface area contributed by atoms with Crippen LogP contribution in [0.5, 0.6) is 0 Å². The Kier molecular flexibility index (Phi) is 11.1. The molecular weight excluding hydrogens is 781 g/mol. The average molecular weight is 814 g/mol. The van der Waals surface area contributed by atoms with Crippen molar-refractivity contribution in [3.63, 3.8) is 0 Å². The van der Waals surface area contributed by atoms with Gasteiger partial charge >= 0.3 is 5.69 Å². The Morgan fingerprint density at radius 3 is 2.33 bits per heavy atom. The molecule has 4 N–H and O–H groups in total. The van der Waals surface area contributed by atoms with E-state index >= 15 is 8.78 Å². The number of nitrogens with one attached hydrogen (secondary N) is 3. The van der Waals surface area contributed by atoms with Gasteiger partial charge in [-0.25, -0.2) is 47.0 Å². The van der Waals surface area contributed by atoms with Crippen LogP contribution in [0.1, 0.15) is 40.5 Å². The maximum atomic E-state index is 15.3. The Hall–Kier alpha value is -6.77. The first-order valence-corrected chi connectivity index (χ1v) is 19.1. The maximum Gasteiger partial charge on any atom is 0.337 e. The number of hydrogen-bond acceptors (Lipinski definition) is 12. The number of anilines is 1. The standard InChI is InChI=1S/C38H33F2N9O8S/c1-48-32-20-41-11-8-26(32)37(52)49(38(48)53)33-7-2-21(17-42-33)14-31(36(51)46-54)45-35(50)27-15-29(40)30(16-28(27)39)47-58(55,56)25-5-3-22(4-6-25)24-18-43-34(44-19-24)23-9-12-57-13-10-23/h2-8,11,15-20,23,31,47,54H,9-10,12-14H2,1H3,(H,45,50)(H,46,51)/t31-/m0/s1. The first-order valence-electron chi connectivity index (χ1n) is 17.6. The summed E-state index contributed by atoms with van der Waals surface area (Å²) in [5, 5.41) is 11.8. The molecule has 0 unspecified atom stereocenters. The van der Waals surface area contributed by atoms with Crippen LogP contribution in [0.15, 0.2) is 100 Å². The number of aryl methyl sites for hydroxylation is 1. The molecule has 1 aliphatic rings. The highest BCUT2D eigenvalue weighted by atomic mass is 32.2. The Labute approximate surface area is 327 Å². The van der Waals surface area contributed by atoms with Gasteiger partial charge in [-0.05, 0) is 54.3 Å². The van der Waals surface area contributed by atoms with Gasteiger partial charge in [0.2, 0.25) is 0 Å². The maximum absolute atomic E-state index is 15.3. The summed E-state index contributed by atoms with van der Waals surface area (Å²) in [7, 11) is -2.98. The van der Waals surface area contributed by atoms with Crippen LogP contribution in [-0.4, -0.2) is 73.8 Å². The van der Waals surface area contributed by atoms with Crippen LogP contribution in [0.3, 0.4) is 0 Å². The predicted molar refractivity (Wildman–Crippen MR) is 203 cm³/mol. The number of amides is 2. The van der Waals surface area contributed by atoms with Gasteiger partial charge in [-0.3, -0.25) is 33.9 Å². The van der Waals surface area contributed by atoms with Crippen LogP contribution in [0, 0.1) is 11.6 Å². The number of hydrogen-bond donors (Lipinski definition) is 4. The van der Waals surface area contributed by atoms with E-state index in [1.54, 1.807) is 12.4 Å². The molecule has 1 aliphatic heterocycles. The molecule has 1 atom stereocenters. The summed E-state index contributed by atoms with van der Waals surface area (Å²) in [5.41, 5.74) is 0.238. The van der Waals surface area contributed by atoms with Crippen molar-refractivity contribution in [3.05, 3.63) is 135 Å². The highest BCUT2D eigenvalue weighted by Crippen LogP contribution is 2.27. The average Bonchev–Trinajstić information content (AvgIpc) is 3.24. The molecule has 5 heterocycles. The number of fused-ring (bicyclic) bond motifs is 1. The van der Waals surface area contributed by atoms with Gasteiger partial charge in [-0.1, -0.05) is 18.2 Å². The predicted octanol–water partition coefficient (Wildman–Crippen LogP) is 2.76. The van der Waals surface area contributed by atoms with Gasteiger partial charge in [-0.15, -0.1) is 0 Å². The highest BCUT2D eigenvalue weighted by Gasteiger charge is 2.26. The number of benzene rings is 2. The van der Waals surface area contributed by atoms with E-state index in [1.165, 1.54) is 78.1 Å². The Morgan fingerprint density at radius 1 is 0.931 bits per heavy atom. The number of nitrogens with zero attached hydrogens (tertiary/aromatic N) is 6. The fourth-order valence-corrected chi connectivity index (χ4v) is 7.47. The minimum Gasteiger partial charge on any atom is -0.381 e. The smallest absolute Gasteiger partial charge is 0.337 e. The third-order valence-corrected chi connectivity index (χ3v) is 11.0. The van der Waals surface area contributed by atoms with Crippen molar-refractivity contribution in [3.8, 4) is 16.9 Å². The second-order valence-electron chi connectivity index (χ2n) is 13.3. The number of halogens is 2. The van der Waals surface area contributed by atoms with E-state index in [-0.39, 0.29) is 34.0 Å². The molecule has 2 amide bonds. The number of aromatic nitrogens is 6. The monoisotopic (exact) mass is 813 g/mol. The summed E-state index contributed by atoms with van der Waals surface area (Å²) in [6.45, 7) is 1.28. The summed E-state index contributed by atoms with van der Waals surface area (Å²) in [6.07, 6.45) is 8.59. The molecule has 0 saturated carbocycles. The van der Waals surface area contributed by atoms with Crippen molar-refractivity contribution in [2.45, 2.75) is 36.1 Å². The number of ether oxygens (including phenoxy) is 1. The molecule has 298 valence electrons. The van der Waals surface area contributed by atoms with Crippen molar-refractivity contribution < 1.29 is 36.7 Å². The minimum atomic E-state index is -4.44. The molecule has 1 saturated heterocycles. The molecule has 0 radical (unpaired) electrons. The fraction of sp³-hybridized carbons (Fsp3) is 0.211. The third kappa shape index (κ3) is 8.06. The number of rotatable bonds is 11. The van der Waals surface area contributed by atoms with Crippen molar-refractivity contribution >= 4 is 38.4 Å². The third-order valence-electron chi connectivity index (χ3n) is 9.59. The van der Waals surface area contributed by atoms with Gasteiger partial charge in [0.25, 0.3) is 27.4 Å². The fourth-order valence-electron chi connectivity index (χ4n) is 6.41. The highest BCUT2D eigenvalue weighted by molar-refractivity contribution is 7.92. The molecule has 7 rings (SSSR count). The first kappa shape index (κ1) is 39.5. The lowest BCUT2D eigenvalue weighted by molar-refractivity contribution is -0.131. The van der Waals surface area contributed by atoms with Crippen molar-refractivity contribution in [2.75, 3.05) is 17.9 Å². The molecule has 20 heteroatoms. The number of hydroxylamine groups is 1. The molecule has 58 heavy (non-hydrogen) atoms. The van der Waals surface area contributed by atoms with Crippen LogP contribution in [-0.2, 0) is 33.0 Å². The zero-order valence-electron chi connectivity index (χ0n) is 30.4. The van der Waals surface area contributed by atoms with E-state index in [4.69, 9.17) is 4.74 Å². The van der Waals surface area contributed by atoms with Crippen LogP contribution in [0.4, 0.5) is 14.5 Å². The van der Waals surface area contributed by atoms with Crippen LogP contribution < -0.4 is 26.8 Å². The summed E-state index contributed by atoms with van der Waals surface area (Å²) in [4.78, 5) is 68.6. The molecule has 1 fully saturated rings. The minimum absolute atomic E-state index is 0.0486. The molecular formula is C38H33F2N9O8S. The molecule has 0 aliphatic carbocycles. The van der Waals surface area contributed by atoms with Gasteiger partial charge in [0.05, 0.1) is 33.2 Å². The van der Waals surface area contributed by atoms with E-state index in [2.05, 4.69) is 25.3 Å².